The maximum absolute atomic E-state index is 12.8. The summed E-state index contributed by atoms with van der Waals surface area (Å²) in [7, 11) is 1.71. The number of halogens is 1. The second kappa shape index (κ2) is 3.48. The molecule has 1 nitrogen and oxygen atoms in total. The van der Waals surface area contributed by atoms with Gasteiger partial charge in [-0.15, -0.1) is 0 Å². The Kier molecular flexibility index (Phi) is 2.58. The Morgan fingerprint density at radius 1 is 1.42 bits per heavy atom. The summed E-state index contributed by atoms with van der Waals surface area (Å²) >= 11 is 0. The van der Waals surface area contributed by atoms with Crippen molar-refractivity contribution >= 4 is 5.71 Å². The van der Waals surface area contributed by atoms with Gasteiger partial charge in [-0.25, -0.2) is 4.39 Å². The van der Waals surface area contributed by atoms with Crippen molar-refractivity contribution in [2.75, 3.05) is 7.05 Å². The van der Waals surface area contributed by atoms with Gasteiger partial charge in [-0.3, -0.25) is 4.99 Å². The molecule has 0 bridgehead atoms. The molecule has 0 aliphatic heterocycles. The number of aryl methyl sites for hydroxylation is 1. The molecule has 0 aliphatic carbocycles. The number of hydrogen-bond donors (Lipinski definition) is 0. The van der Waals surface area contributed by atoms with Crippen molar-refractivity contribution in [2.24, 2.45) is 4.99 Å². The van der Waals surface area contributed by atoms with Crippen LogP contribution in [0.5, 0.6) is 0 Å². The number of hydrogen-bond acceptors (Lipinski definition) is 1. The Balaban J connectivity index is 3.23. The normalized spacial score (nSPS) is 11.8. The lowest BCUT2D eigenvalue weighted by Crippen LogP contribution is -1.98. The molecule has 0 spiro atoms. The van der Waals surface area contributed by atoms with Gasteiger partial charge in [0.1, 0.15) is 5.82 Å². The van der Waals surface area contributed by atoms with Crippen molar-refractivity contribution in [1.82, 2.24) is 0 Å². The average Bonchev–Trinajstić information content (AvgIpc) is 2.08. The van der Waals surface area contributed by atoms with Crippen LogP contribution in [0.2, 0.25) is 0 Å². The van der Waals surface area contributed by atoms with E-state index in [9.17, 15) is 4.39 Å². The van der Waals surface area contributed by atoms with Gasteiger partial charge in [0.15, 0.2) is 0 Å². The van der Waals surface area contributed by atoms with Gasteiger partial charge in [-0.2, -0.15) is 0 Å². The average molecular weight is 165 g/mol. The van der Waals surface area contributed by atoms with Crippen LogP contribution in [-0.4, -0.2) is 12.8 Å². The highest BCUT2D eigenvalue weighted by atomic mass is 19.1. The molecular formula is C10H12FN. The Labute approximate surface area is 72.0 Å². The van der Waals surface area contributed by atoms with Crippen LogP contribution in [0.25, 0.3) is 0 Å². The maximum atomic E-state index is 12.8. The molecule has 0 N–H and O–H groups in total. The highest BCUT2D eigenvalue weighted by molar-refractivity contribution is 5.99. The van der Waals surface area contributed by atoms with Crippen LogP contribution in [0.1, 0.15) is 18.1 Å². The van der Waals surface area contributed by atoms with E-state index < -0.39 is 0 Å². The lowest BCUT2D eigenvalue weighted by molar-refractivity contribution is 0.627. The summed E-state index contributed by atoms with van der Waals surface area (Å²) in [6, 6.07) is 4.73. The van der Waals surface area contributed by atoms with Crippen molar-refractivity contribution in [3.05, 3.63) is 35.1 Å². The van der Waals surface area contributed by atoms with Crippen LogP contribution in [0.15, 0.2) is 23.2 Å². The second-order valence-corrected chi connectivity index (χ2v) is 2.77. The third-order valence-electron chi connectivity index (χ3n) is 1.92. The van der Waals surface area contributed by atoms with Crippen molar-refractivity contribution in [1.29, 1.82) is 0 Å². The largest absolute Gasteiger partial charge is 0.293 e. The Bertz CT molecular complexity index is 316. The first-order valence-electron chi connectivity index (χ1n) is 3.85. The Hall–Kier alpha value is -1.18. The zero-order valence-electron chi connectivity index (χ0n) is 7.56. The summed E-state index contributed by atoms with van der Waals surface area (Å²) in [6.45, 7) is 3.82. The molecule has 0 amide bonds. The zero-order chi connectivity index (χ0) is 9.14. The number of nitrogens with zero attached hydrogens (tertiary/aromatic N) is 1. The third-order valence-corrected chi connectivity index (χ3v) is 1.92. The topological polar surface area (TPSA) is 12.4 Å². The third kappa shape index (κ3) is 1.70. The lowest BCUT2D eigenvalue weighted by atomic mass is 10.1. The fourth-order valence-corrected chi connectivity index (χ4v) is 1.10. The van der Waals surface area contributed by atoms with Gasteiger partial charge in [-0.1, -0.05) is 6.07 Å². The van der Waals surface area contributed by atoms with Gasteiger partial charge < -0.3 is 0 Å². The first kappa shape index (κ1) is 8.91. The summed E-state index contributed by atoms with van der Waals surface area (Å²) in [5, 5.41) is 0. The van der Waals surface area contributed by atoms with E-state index in [0.29, 0.717) is 0 Å². The molecular weight excluding hydrogens is 153 g/mol. The summed E-state index contributed by atoms with van der Waals surface area (Å²) in [4.78, 5) is 4.01. The second-order valence-electron chi connectivity index (χ2n) is 2.77. The summed E-state index contributed by atoms with van der Waals surface area (Å²) in [6.07, 6.45) is 0. The molecule has 0 saturated heterocycles. The van der Waals surface area contributed by atoms with E-state index in [4.69, 9.17) is 0 Å². The molecule has 12 heavy (non-hydrogen) atoms. The molecule has 1 rings (SSSR count). The summed E-state index contributed by atoms with van der Waals surface area (Å²) in [5.74, 6) is -0.210. The van der Waals surface area contributed by atoms with Crippen molar-refractivity contribution in [2.45, 2.75) is 13.8 Å². The van der Waals surface area contributed by atoms with E-state index in [0.717, 1.165) is 16.8 Å². The van der Waals surface area contributed by atoms with Gasteiger partial charge in [0.25, 0.3) is 0 Å². The predicted molar refractivity (Wildman–Crippen MR) is 49.3 cm³/mol. The maximum Gasteiger partial charge on any atom is 0.123 e. The molecule has 0 atom stereocenters. The van der Waals surface area contributed by atoms with Gasteiger partial charge in [0.2, 0.25) is 0 Å². The van der Waals surface area contributed by atoms with E-state index in [2.05, 4.69) is 4.99 Å². The Morgan fingerprint density at radius 3 is 2.67 bits per heavy atom. The molecule has 2 heteroatoms. The summed E-state index contributed by atoms with van der Waals surface area (Å²) in [5.41, 5.74) is 2.81. The smallest absolute Gasteiger partial charge is 0.123 e. The molecule has 1 aromatic carbocycles. The number of benzene rings is 1. The molecule has 0 heterocycles. The molecule has 0 unspecified atom stereocenters. The first-order chi connectivity index (χ1) is 5.65. The van der Waals surface area contributed by atoms with E-state index in [-0.39, 0.29) is 5.82 Å². The minimum Gasteiger partial charge on any atom is -0.293 e. The number of rotatable bonds is 1. The quantitative estimate of drug-likeness (QED) is 0.567. The van der Waals surface area contributed by atoms with E-state index >= 15 is 0 Å². The molecule has 0 radical (unpaired) electrons. The van der Waals surface area contributed by atoms with Gasteiger partial charge in [0.05, 0.1) is 0 Å². The van der Waals surface area contributed by atoms with Gasteiger partial charge in [0, 0.05) is 18.3 Å². The SMILES string of the molecule is CN=C(C)c1cc(F)ccc1C. The Morgan fingerprint density at radius 2 is 2.08 bits per heavy atom. The van der Waals surface area contributed by atoms with Crippen molar-refractivity contribution < 1.29 is 4.39 Å². The van der Waals surface area contributed by atoms with E-state index in [1.165, 1.54) is 12.1 Å². The van der Waals surface area contributed by atoms with Gasteiger partial charge >= 0.3 is 0 Å². The fourth-order valence-electron chi connectivity index (χ4n) is 1.10. The lowest BCUT2D eigenvalue weighted by Gasteiger charge is -2.03. The van der Waals surface area contributed by atoms with Crippen LogP contribution in [0, 0.1) is 12.7 Å². The van der Waals surface area contributed by atoms with Gasteiger partial charge in [-0.05, 0) is 31.5 Å². The standard InChI is InChI=1S/C10H12FN/c1-7-4-5-9(11)6-10(7)8(2)12-3/h4-6H,1-3H3. The van der Waals surface area contributed by atoms with E-state index in [1.54, 1.807) is 13.1 Å². The van der Waals surface area contributed by atoms with Crippen LogP contribution in [0.3, 0.4) is 0 Å². The molecule has 0 fully saturated rings. The van der Waals surface area contributed by atoms with Crippen molar-refractivity contribution in [3.63, 3.8) is 0 Å². The summed E-state index contributed by atoms with van der Waals surface area (Å²) < 4.78 is 12.8. The minimum atomic E-state index is -0.210. The number of aliphatic imine (C=N–C) groups is 1. The predicted octanol–water partition coefficient (Wildman–Crippen LogP) is 2.57. The monoisotopic (exact) mass is 165 g/mol. The zero-order valence-corrected chi connectivity index (χ0v) is 7.56. The molecule has 0 aromatic heterocycles. The van der Waals surface area contributed by atoms with Crippen LogP contribution < -0.4 is 0 Å². The molecule has 64 valence electrons. The molecule has 1 aromatic rings. The highest BCUT2D eigenvalue weighted by Gasteiger charge is 2.01. The van der Waals surface area contributed by atoms with Crippen LogP contribution in [0.4, 0.5) is 4.39 Å². The van der Waals surface area contributed by atoms with Crippen LogP contribution >= 0.6 is 0 Å². The molecule has 0 saturated carbocycles. The van der Waals surface area contributed by atoms with Crippen LogP contribution in [-0.2, 0) is 0 Å². The first-order valence-corrected chi connectivity index (χ1v) is 3.85. The van der Waals surface area contributed by atoms with Crippen molar-refractivity contribution in [3.8, 4) is 0 Å². The molecule has 0 aliphatic rings. The minimum absolute atomic E-state index is 0.210. The highest BCUT2D eigenvalue weighted by Crippen LogP contribution is 2.10. The van der Waals surface area contributed by atoms with E-state index in [1.807, 2.05) is 13.8 Å². The fraction of sp³-hybridized carbons (Fsp3) is 0.300.